The fourth-order valence-corrected chi connectivity index (χ4v) is 3.17. The van der Waals surface area contributed by atoms with Crippen molar-refractivity contribution in [1.82, 2.24) is 19.5 Å². The monoisotopic (exact) mass is 465 g/mol. The molecule has 0 saturated heterocycles. The van der Waals surface area contributed by atoms with Crippen molar-refractivity contribution in [3.05, 3.63) is 87.8 Å². The molecule has 8 nitrogen and oxygen atoms in total. The molecule has 150 valence electrons. The number of carbonyl (C=O) groups is 1. The molecule has 1 N–H and O–H groups in total. The molecule has 0 aliphatic carbocycles. The van der Waals surface area contributed by atoms with Crippen molar-refractivity contribution in [3.63, 3.8) is 0 Å². The summed E-state index contributed by atoms with van der Waals surface area (Å²) in [5.74, 6) is 0.289. The maximum absolute atomic E-state index is 12.7. The predicted molar refractivity (Wildman–Crippen MR) is 115 cm³/mol. The van der Waals surface area contributed by atoms with E-state index in [2.05, 4.69) is 36.2 Å². The SMILES string of the molecule is O=C(Cn1cnc2ccc(Br)cc2c1=O)Nc1ncccc1OCc1ccncc1. The molecule has 3 aromatic heterocycles. The highest BCUT2D eigenvalue weighted by atomic mass is 79.9. The lowest BCUT2D eigenvalue weighted by atomic mass is 10.2. The van der Waals surface area contributed by atoms with Crippen LogP contribution in [0.5, 0.6) is 5.75 Å². The number of halogens is 1. The van der Waals surface area contributed by atoms with E-state index in [-0.39, 0.29) is 17.9 Å². The standard InChI is InChI=1S/C21H16BrN5O3/c22-15-3-4-17-16(10-15)21(29)27(13-25-17)11-19(28)26-20-18(2-1-7-24-20)30-12-14-5-8-23-9-6-14/h1-10,13H,11-12H2,(H,24,26,28). The van der Waals surface area contributed by atoms with Gasteiger partial charge >= 0.3 is 0 Å². The summed E-state index contributed by atoms with van der Waals surface area (Å²) < 4.78 is 7.80. The second-order valence-corrected chi connectivity index (χ2v) is 7.30. The molecule has 0 spiro atoms. The van der Waals surface area contributed by atoms with Gasteiger partial charge in [-0.2, -0.15) is 0 Å². The van der Waals surface area contributed by atoms with Crippen LogP contribution in [0.25, 0.3) is 10.9 Å². The van der Waals surface area contributed by atoms with E-state index < -0.39 is 5.91 Å². The average molecular weight is 466 g/mol. The van der Waals surface area contributed by atoms with Crippen molar-refractivity contribution in [2.75, 3.05) is 5.32 Å². The molecule has 1 aromatic carbocycles. The molecule has 0 saturated carbocycles. The lowest BCUT2D eigenvalue weighted by molar-refractivity contribution is -0.116. The van der Waals surface area contributed by atoms with Gasteiger partial charge in [0.1, 0.15) is 13.2 Å². The van der Waals surface area contributed by atoms with Crippen LogP contribution < -0.4 is 15.6 Å². The minimum Gasteiger partial charge on any atom is -0.485 e. The van der Waals surface area contributed by atoms with Crippen LogP contribution in [-0.2, 0) is 17.9 Å². The second-order valence-electron chi connectivity index (χ2n) is 6.38. The summed E-state index contributed by atoms with van der Waals surface area (Å²) in [5, 5.41) is 3.13. The van der Waals surface area contributed by atoms with Crippen LogP contribution >= 0.6 is 15.9 Å². The molecule has 0 aliphatic rings. The highest BCUT2D eigenvalue weighted by Crippen LogP contribution is 2.22. The fraction of sp³-hybridized carbons (Fsp3) is 0.0952. The van der Waals surface area contributed by atoms with Crippen LogP contribution in [0.2, 0.25) is 0 Å². The van der Waals surface area contributed by atoms with E-state index in [0.717, 1.165) is 10.0 Å². The molecule has 0 fully saturated rings. The van der Waals surface area contributed by atoms with Gasteiger partial charge in [0.25, 0.3) is 5.56 Å². The van der Waals surface area contributed by atoms with E-state index >= 15 is 0 Å². The number of nitrogens with one attached hydrogen (secondary N) is 1. The van der Waals surface area contributed by atoms with E-state index in [0.29, 0.717) is 23.3 Å². The predicted octanol–water partition coefficient (Wildman–Crippen LogP) is 3.17. The molecule has 1 amide bonds. The van der Waals surface area contributed by atoms with E-state index in [1.807, 2.05) is 12.1 Å². The van der Waals surface area contributed by atoms with Crippen molar-refractivity contribution >= 4 is 38.6 Å². The van der Waals surface area contributed by atoms with Crippen LogP contribution in [0, 0.1) is 0 Å². The molecule has 4 aromatic rings. The van der Waals surface area contributed by atoms with Crippen LogP contribution in [-0.4, -0.2) is 25.4 Å². The van der Waals surface area contributed by atoms with Crippen molar-refractivity contribution in [3.8, 4) is 5.75 Å². The molecule has 0 aliphatic heterocycles. The number of fused-ring (bicyclic) bond motifs is 1. The summed E-state index contributed by atoms with van der Waals surface area (Å²) >= 11 is 3.34. The first kappa shape index (κ1) is 19.7. The first-order chi connectivity index (χ1) is 14.6. The Morgan fingerprint density at radius 3 is 2.77 bits per heavy atom. The van der Waals surface area contributed by atoms with Gasteiger partial charge < -0.3 is 10.1 Å². The number of amides is 1. The van der Waals surface area contributed by atoms with Gasteiger partial charge in [-0.3, -0.25) is 19.1 Å². The van der Waals surface area contributed by atoms with E-state index in [1.165, 1.54) is 10.9 Å². The number of carbonyl (C=O) groups excluding carboxylic acids is 1. The molecule has 3 heterocycles. The van der Waals surface area contributed by atoms with Gasteiger partial charge in [-0.05, 0) is 48.0 Å². The second kappa shape index (κ2) is 8.83. The summed E-state index contributed by atoms with van der Waals surface area (Å²) in [6.45, 7) is 0.106. The van der Waals surface area contributed by atoms with Crippen LogP contribution in [0.4, 0.5) is 5.82 Å². The molecule has 0 atom stereocenters. The molecular weight excluding hydrogens is 450 g/mol. The van der Waals surface area contributed by atoms with E-state index in [9.17, 15) is 9.59 Å². The Morgan fingerprint density at radius 2 is 1.93 bits per heavy atom. The van der Waals surface area contributed by atoms with Gasteiger partial charge in [0.05, 0.1) is 17.2 Å². The Labute approximate surface area is 179 Å². The summed E-state index contributed by atoms with van der Waals surface area (Å²) in [4.78, 5) is 37.6. The largest absolute Gasteiger partial charge is 0.485 e. The lowest BCUT2D eigenvalue weighted by Gasteiger charge is -2.12. The molecule has 0 radical (unpaired) electrons. The van der Waals surface area contributed by atoms with Gasteiger partial charge in [-0.25, -0.2) is 9.97 Å². The minimum absolute atomic E-state index is 0.200. The topological polar surface area (TPSA) is 99.0 Å². The zero-order valence-corrected chi connectivity index (χ0v) is 17.2. The summed E-state index contributed by atoms with van der Waals surface area (Å²) in [6.07, 6.45) is 6.27. The average Bonchev–Trinajstić information content (AvgIpc) is 2.76. The van der Waals surface area contributed by atoms with Crippen LogP contribution in [0.3, 0.4) is 0 Å². The Hall–Kier alpha value is -3.59. The third-order valence-corrected chi connectivity index (χ3v) is 4.77. The summed E-state index contributed by atoms with van der Waals surface area (Å²) in [6, 6.07) is 12.3. The van der Waals surface area contributed by atoms with Gasteiger partial charge in [0.15, 0.2) is 11.6 Å². The van der Waals surface area contributed by atoms with Crippen molar-refractivity contribution in [1.29, 1.82) is 0 Å². The number of rotatable bonds is 6. The van der Waals surface area contributed by atoms with Gasteiger partial charge in [-0.1, -0.05) is 15.9 Å². The highest BCUT2D eigenvalue weighted by Gasteiger charge is 2.12. The van der Waals surface area contributed by atoms with Crippen LogP contribution in [0.15, 0.2) is 76.6 Å². The molecule has 9 heteroatoms. The molecular formula is C21H16BrN5O3. The molecule has 0 unspecified atom stereocenters. The number of hydrogen-bond donors (Lipinski definition) is 1. The zero-order valence-electron chi connectivity index (χ0n) is 15.7. The highest BCUT2D eigenvalue weighted by molar-refractivity contribution is 9.10. The summed E-state index contributed by atoms with van der Waals surface area (Å²) in [5.41, 5.74) is 1.20. The number of aromatic nitrogens is 4. The Bertz CT molecular complexity index is 1260. The maximum atomic E-state index is 12.7. The zero-order chi connectivity index (χ0) is 20.9. The first-order valence-electron chi connectivity index (χ1n) is 9.01. The van der Waals surface area contributed by atoms with E-state index in [4.69, 9.17) is 4.74 Å². The normalized spacial score (nSPS) is 10.7. The van der Waals surface area contributed by atoms with Crippen molar-refractivity contribution in [2.24, 2.45) is 0 Å². The number of benzene rings is 1. The maximum Gasteiger partial charge on any atom is 0.261 e. The van der Waals surface area contributed by atoms with Gasteiger partial charge in [0, 0.05) is 23.1 Å². The van der Waals surface area contributed by atoms with E-state index in [1.54, 1.807) is 48.9 Å². The Morgan fingerprint density at radius 1 is 1.10 bits per heavy atom. The number of pyridine rings is 2. The number of nitrogens with zero attached hydrogens (tertiary/aromatic N) is 4. The molecule has 4 rings (SSSR count). The Kier molecular flexibility index (Phi) is 5.80. The third kappa shape index (κ3) is 4.52. The fourth-order valence-electron chi connectivity index (χ4n) is 2.81. The molecule has 30 heavy (non-hydrogen) atoms. The lowest BCUT2D eigenvalue weighted by Crippen LogP contribution is -2.28. The van der Waals surface area contributed by atoms with Gasteiger partial charge in [0.2, 0.25) is 5.91 Å². The number of ether oxygens (including phenoxy) is 1. The molecule has 0 bridgehead atoms. The number of hydrogen-bond acceptors (Lipinski definition) is 6. The van der Waals surface area contributed by atoms with Crippen molar-refractivity contribution < 1.29 is 9.53 Å². The first-order valence-corrected chi connectivity index (χ1v) is 9.81. The minimum atomic E-state index is -0.416. The smallest absolute Gasteiger partial charge is 0.261 e. The van der Waals surface area contributed by atoms with Crippen LogP contribution in [0.1, 0.15) is 5.56 Å². The summed E-state index contributed by atoms with van der Waals surface area (Å²) in [7, 11) is 0. The quantitative estimate of drug-likeness (QED) is 0.469. The Balaban J connectivity index is 1.49. The third-order valence-electron chi connectivity index (χ3n) is 4.27. The number of anilines is 1. The van der Waals surface area contributed by atoms with Gasteiger partial charge in [-0.15, -0.1) is 0 Å². The van der Waals surface area contributed by atoms with Crippen molar-refractivity contribution in [2.45, 2.75) is 13.2 Å².